The van der Waals surface area contributed by atoms with Gasteiger partial charge in [0.25, 0.3) is 0 Å². The van der Waals surface area contributed by atoms with E-state index in [1.807, 2.05) is 0 Å². The Balaban J connectivity index is 2.21. The Morgan fingerprint density at radius 1 is 1.22 bits per heavy atom. The quantitative estimate of drug-likeness (QED) is 0.789. The molecule has 0 aromatic rings. The summed E-state index contributed by atoms with van der Waals surface area (Å²) in [6, 6.07) is 0.557. The zero-order chi connectivity index (χ0) is 13.3. The Morgan fingerprint density at radius 3 is 2.28 bits per heavy atom. The van der Waals surface area contributed by atoms with Crippen molar-refractivity contribution >= 4 is 0 Å². The first kappa shape index (κ1) is 13.9. The maximum atomic E-state index is 3.75. The van der Waals surface area contributed by atoms with Crippen LogP contribution in [0.3, 0.4) is 0 Å². The van der Waals surface area contributed by atoms with Crippen LogP contribution in [0.1, 0.15) is 47.5 Å². The number of piperidine rings is 1. The van der Waals surface area contributed by atoms with Crippen LogP contribution in [0, 0.1) is 11.3 Å². The number of rotatable bonds is 2. The molecule has 3 nitrogen and oxygen atoms in total. The molecule has 2 rings (SSSR count). The second-order valence-electron chi connectivity index (χ2n) is 6.72. The average molecular weight is 251 g/mol. The Hall–Kier alpha value is -0.540. The Bertz CT molecular complexity index is 321. The first-order valence-electron chi connectivity index (χ1n) is 7.40. The van der Waals surface area contributed by atoms with E-state index in [1.54, 1.807) is 5.57 Å². The highest BCUT2D eigenvalue weighted by Gasteiger charge is 2.37. The number of allylic oxidation sites excluding steroid dienone is 1. The first-order valence-corrected chi connectivity index (χ1v) is 7.40. The third-order valence-corrected chi connectivity index (χ3v) is 4.29. The van der Waals surface area contributed by atoms with Gasteiger partial charge in [0.1, 0.15) is 0 Å². The van der Waals surface area contributed by atoms with Gasteiger partial charge in [0.15, 0.2) is 0 Å². The lowest BCUT2D eigenvalue weighted by atomic mass is 9.82. The van der Waals surface area contributed by atoms with Gasteiger partial charge in [-0.25, -0.2) is 5.43 Å². The first-order chi connectivity index (χ1) is 8.45. The highest BCUT2D eigenvalue weighted by molar-refractivity contribution is 5.27. The van der Waals surface area contributed by atoms with Crippen LogP contribution in [0.25, 0.3) is 0 Å². The molecule has 1 fully saturated rings. The van der Waals surface area contributed by atoms with Crippen molar-refractivity contribution in [3.8, 4) is 0 Å². The minimum absolute atomic E-state index is 0.231. The molecule has 2 aliphatic rings. The van der Waals surface area contributed by atoms with Gasteiger partial charge in [0.2, 0.25) is 0 Å². The molecule has 0 saturated carbocycles. The molecule has 0 spiro atoms. The van der Waals surface area contributed by atoms with Crippen LogP contribution >= 0.6 is 0 Å². The molecule has 0 bridgehead atoms. The fraction of sp³-hybridized carbons (Fsp3) is 0.867. The van der Waals surface area contributed by atoms with Crippen molar-refractivity contribution in [2.45, 2.75) is 53.5 Å². The Labute approximate surface area is 112 Å². The Kier molecular flexibility index (Phi) is 4.02. The summed E-state index contributed by atoms with van der Waals surface area (Å²) in [4.78, 5) is 0. The number of hydrazine groups is 1. The second kappa shape index (κ2) is 5.22. The van der Waals surface area contributed by atoms with Crippen LogP contribution in [0.2, 0.25) is 0 Å². The highest BCUT2D eigenvalue weighted by Crippen LogP contribution is 2.38. The van der Waals surface area contributed by atoms with Crippen LogP contribution in [0.4, 0.5) is 0 Å². The van der Waals surface area contributed by atoms with Gasteiger partial charge in [-0.05, 0) is 51.3 Å². The van der Waals surface area contributed by atoms with Crippen LogP contribution in [-0.4, -0.2) is 30.7 Å². The molecule has 1 unspecified atom stereocenters. The van der Waals surface area contributed by atoms with E-state index in [0.29, 0.717) is 6.04 Å². The SMILES string of the molecule is CCN1NC(C2CCNCC2)C(C)=C1C(C)(C)C. The third kappa shape index (κ3) is 2.57. The zero-order valence-corrected chi connectivity index (χ0v) is 12.6. The van der Waals surface area contributed by atoms with Crippen LogP contribution in [0.15, 0.2) is 11.3 Å². The number of hydrogen-bond acceptors (Lipinski definition) is 3. The van der Waals surface area contributed by atoms with Crippen molar-refractivity contribution in [2.24, 2.45) is 11.3 Å². The van der Waals surface area contributed by atoms with Crippen molar-refractivity contribution in [1.82, 2.24) is 15.8 Å². The smallest absolute Gasteiger partial charge is 0.0518 e. The summed E-state index contributed by atoms with van der Waals surface area (Å²) in [5.74, 6) is 0.792. The van der Waals surface area contributed by atoms with Gasteiger partial charge in [-0.2, -0.15) is 0 Å². The largest absolute Gasteiger partial charge is 0.317 e. The molecule has 0 amide bonds. The van der Waals surface area contributed by atoms with E-state index in [-0.39, 0.29) is 5.41 Å². The fourth-order valence-electron chi connectivity index (χ4n) is 3.57. The summed E-state index contributed by atoms with van der Waals surface area (Å²) in [5, 5.41) is 5.84. The maximum absolute atomic E-state index is 3.75. The summed E-state index contributed by atoms with van der Waals surface area (Å²) >= 11 is 0. The summed E-state index contributed by atoms with van der Waals surface area (Å²) in [7, 11) is 0. The molecule has 18 heavy (non-hydrogen) atoms. The van der Waals surface area contributed by atoms with Gasteiger partial charge in [-0.3, -0.25) is 0 Å². The molecule has 2 aliphatic heterocycles. The molecule has 0 aliphatic carbocycles. The van der Waals surface area contributed by atoms with Gasteiger partial charge in [0.05, 0.1) is 6.04 Å². The van der Waals surface area contributed by atoms with Gasteiger partial charge >= 0.3 is 0 Å². The van der Waals surface area contributed by atoms with Crippen molar-refractivity contribution in [3.05, 3.63) is 11.3 Å². The molecule has 0 aromatic carbocycles. The molecule has 0 radical (unpaired) electrons. The molecular formula is C15H29N3. The standard InChI is InChI=1S/C15H29N3/c1-6-18-14(15(3,4)5)11(2)13(17-18)12-7-9-16-10-8-12/h12-13,16-17H,6-10H2,1-5H3. The molecule has 2 N–H and O–H groups in total. The van der Waals surface area contributed by atoms with Crippen LogP contribution in [-0.2, 0) is 0 Å². The lowest BCUT2D eigenvalue weighted by Gasteiger charge is -2.32. The molecule has 104 valence electrons. The van der Waals surface area contributed by atoms with Gasteiger partial charge in [0, 0.05) is 17.7 Å². The molecule has 3 heteroatoms. The summed E-state index contributed by atoms with van der Waals surface area (Å²) < 4.78 is 0. The second-order valence-corrected chi connectivity index (χ2v) is 6.72. The number of hydrogen-bond donors (Lipinski definition) is 2. The minimum atomic E-state index is 0.231. The lowest BCUT2D eigenvalue weighted by Crippen LogP contribution is -2.45. The lowest BCUT2D eigenvalue weighted by molar-refractivity contribution is 0.186. The van der Waals surface area contributed by atoms with Gasteiger partial charge in [-0.15, -0.1) is 0 Å². The van der Waals surface area contributed by atoms with Crippen molar-refractivity contribution in [1.29, 1.82) is 0 Å². The van der Waals surface area contributed by atoms with Crippen LogP contribution < -0.4 is 10.7 Å². The van der Waals surface area contributed by atoms with Crippen molar-refractivity contribution in [3.63, 3.8) is 0 Å². The maximum Gasteiger partial charge on any atom is 0.0518 e. The van der Waals surface area contributed by atoms with E-state index < -0.39 is 0 Å². The van der Waals surface area contributed by atoms with E-state index in [9.17, 15) is 0 Å². The summed E-state index contributed by atoms with van der Waals surface area (Å²) in [6.45, 7) is 14.9. The molecule has 1 atom stereocenters. The molecular weight excluding hydrogens is 222 g/mol. The average Bonchev–Trinajstić information content (AvgIpc) is 2.67. The summed E-state index contributed by atoms with van der Waals surface area (Å²) in [6.07, 6.45) is 2.59. The van der Waals surface area contributed by atoms with Crippen molar-refractivity contribution in [2.75, 3.05) is 19.6 Å². The Morgan fingerprint density at radius 2 is 1.83 bits per heavy atom. The predicted octanol–water partition coefficient (Wildman–Crippen LogP) is 2.51. The van der Waals surface area contributed by atoms with E-state index in [2.05, 4.69) is 50.4 Å². The highest BCUT2D eigenvalue weighted by atomic mass is 15.5. The fourth-order valence-corrected chi connectivity index (χ4v) is 3.57. The zero-order valence-electron chi connectivity index (χ0n) is 12.6. The van der Waals surface area contributed by atoms with Gasteiger partial charge < -0.3 is 10.3 Å². The number of nitrogens with zero attached hydrogens (tertiary/aromatic N) is 1. The monoisotopic (exact) mass is 251 g/mol. The molecule has 0 aromatic heterocycles. The molecule has 2 heterocycles. The van der Waals surface area contributed by atoms with E-state index in [1.165, 1.54) is 31.6 Å². The van der Waals surface area contributed by atoms with Crippen LogP contribution in [0.5, 0.6) is 0 Å². The van der Waals surface area contributed by atoms with E-state index >= 15 is 0 Å². The predicted molar refractivity (Wildman–Crippen MR) is 77.1 cm³/mol. The topological polar surface area (TPSA) is 27.3 Å². The van der Waals surface area contributed by atoms with E-state index in [4.69, 9.17) is 0 Å². The number of nitrogens with one attached hydrogen (secondary N) is 2. The minimum Gasteiger partial charge on any atom is -0.317 e. The van der Waals surface area contributed by atoms with Gasteiger partial charge in [-0.1, -0.05) is 20.8 Å². The normalized spacial score (nSPS) is 27.2. The molecule has 1 saturated heterocycles. The summed E-state index contributed by atoms with van der Waals surface area (Å²) in [5.41, 5.74) is 7.05. The third-order valence-electron chi connectivity index (χ3n) is 4.29. The van der Waals surface area contributed by atoms with E-state index in [0.717, 1.165) is 12.5 Å². The van der Waals surface area contributed by atoms with Crippen molar-refractivity contribution < 1.29 is 0 Å².